The summed E-state index contributed by atoms with van der Waals surface area (Å²) in [5, 5.41) is 2.05. The highest BCUT2D eigenvalue weighted by Crippen LogP contribution is 2.34. The second-order valence-electron chi connectivity index (χ2n) is 9.73. The van der Waals surface area contributed by atoms with E-state index in [2.05, 4.69) is 6.07 Å². The number of hydrogen-bond donors (Lipinski definition) is 0. The fourth-order valence-corrected chi connectivity index (χ4v) is 7.00. The van der Waals surface area contributed by atoms with Crippen LogP contribution < -0.4 is 4.74 Å². The molecule has 3 aromatic rings. The van der Waals surface area contributed by atoms with Gasteiger partial charge in [0, 0.05) is 18.0 Å². The van der Waals surface area contributed by atoms with Crippen LogP contribution in [-0.4, -0.2) is 49.8 Å². The molecule has 6 nitrogen and oxygen atoms in total. The first-order valence-electron chi connectivity index (χ1n) is 12.3. The molecule has 1 aromatic heterocycles. The van der Waals surface area contributed by atoms with Gasteiger partial charge in [0.15, 0.2) is 0 Å². The maximum Gasteiger partial charge on any atom is 0.243 e. The van der Waals surface area contributed by atoms with Crippen LogP contribution in [-0.2, 0) is 21.2 Å². The van der Waals surface area contributed by atoms with Crippen LogP contribution in [0.15, 0.2) is 64.9 Å². The van der Waals surface area contributed by atoms with Crippen molar-refractivity contribution in [3.05, 3.63) is 81.5 Å². The molecule has 1 amide bonds. The van der Waals surface area contributed by atoms with Crippen LogP contribution in [0.1, 0.15) is 41.5 Å². The van der Waals surface area contributed by atoms with Gasteiger partial charge in [0.1, 0.15) is 12.4 Å². The van der Waals surface area contributed by atoms with E-state index in [4.69, 9.17) is 4.74 Å². The highest BCUT2D eigenvalue weighted by atomic mass is 32.2. The van der Waals surface area contributed by atoms with Gasteiger partial charge in [-0.2, -0.15) is 4.31 Å². The minimum absolute atomic E-state index is 0.0723. The Bertz CT molecular complexity index is 1300. The fraction of sp³-hybridized carbons (Fsp3) is 0.393. The minimum Gasteiger partial charge on any atom is -0.491 e. The van der Waals surface area contributed by atoms with Crippen molar-refractivity contribution in [1.29, 1.82) is 0 Å². The maximum atomic E-state index is 13.7. The molecule has 0 aliphatic carbocycles. The zero-order valence-electron chi connectivity index (χ0n) is 21.3. The van der Waals surface area contributed by atoms with E-state index < -0.39 is 10.0 Å². The van der Waals surface area contributed by atoms with Crippen molar-refractivity contribution in [2.45, 2.75) is 45.1 Å². The summed E-state index contributed by atoms with van der Waals surface area (Å²) in [6.07, 6.45) is 0.758. The number of nitrogens with zero attached hydrogens (tertiary/aromatic N) is 2. The summed E-state index contributed by atoms with van der Waals surface area (Å²) in [7, 11) is -3.82. The Kier molecular flexibility index (Phi) is 8.17. The number of thiophene rings is 1. The van der Waals surface area contributed by atoms with E-state index in [1.165, 1.54) is 9.18 Å². The van der Waals surface area contributed by atoms with Crippen molar-refractivity contribution < 1.29 is 17.9 Å². The van der Waals surface area contributed by atoms with Gasteiger partial charge < -0.3 is 9.64 Å². The monoisotopic (exact) mass is 526 g/mol. The van der Waals surface area contributed by atoms with Gasteiger partial charge in [-0.25, -0.2) is 8.42 Å². The number of amides is 1. The molecule has 8 heteroatoms. The average molecular weight is 527 g/mol. The Hall–Kier alpha value is -2.68. The molecule has 1 aliphatic rings. The first kappa shape index (κ1) is 26.4. The number of benzene rings is 2. The Morgan fingerprint density at radius 2 is 1.83 bits per heavy atom. The third kappa shape index (κ3) is 5.82. The summed E-state index contributed by atoms with van der Waals surface area (Å²) in [6.45, 7) is 8.75. The highest BCUT2D eigenvalue weighted by Gasteiger charge is 2.35. The van der Waals surface area contributed by atoms with Gasteiger partial charge >= 0.3 is 0 Å². The minimum atomic E-state index is -3.82. The maximum absolute atomic E-state index is 13.7. The molecule has 0 unspecified atom stereocenters. The van der Waals surface area contributed by atoms with Gasteiger partial charge in [-0.05, 0) is 67.0 Å². The summed E-state index contributed by atoms with van der Waals surface area (Å²) in [6, 6.07) is 16.4. The lowest BCUT2D eigenvalue weighted by Gasteiger charge is -2.37. The van der Waals surface area contributed by atoms with E-state index in [1.54, 1.807) is 40.5 Å². The Balaban J connectivity index is 1.58. The fourth-order valence-electron chi connectivity index (χ4n) is 4.52. The molecule has 0 saturated heterocycles. The average Bonchev–Trinajstić information content (AvgIpc) is 3.32. The Morgan fingerprint density at radius 3 is 2.53 bits per heavy atom. The third-order valence-corrected chi connectivity index (χ3v) is 9.27. The molecule has 0 radical (unpaired) electrons. The molecule has 0 bridgehead atoms. The molecule has 0 spiro atoms. The molecule has 36 heavy (non-hydrogen) atoms. The lowest BCUT2D eigenvalue weighted by Crippen LogP contribution is -2.48. The summed E-state index contributed by atoms with van der Waals surface area (Å²) >= 11 is 1.69. The van der Waals surface area contributed by atoms with Gasteiger partial charge in [0.2, 0.25) is 15.9 Å². The van der Waals surface area contributed by atoms with Crippen LogP contribution in [0.5, 0.6) is 5.75 Å². The molecule has 2 aromatic carbocycles. The predicted molar refractivity (Wildman–Crippen MR) is 144 cm³/mol. The van der Waals surface area contributed by atoms with Gasteiger partial charge in [0.05, 0.1) is 17.5 Å². The number of fused-ring (bicyclic) bond motifs is 1. The molecular formula is C28H34N2O4S2. The second-order valence-corrected chi connectivity index (χ2v) is 12.7. The quantitative estimate of drug-likeness (QED) is 0.384. The van der Waals surface area contributed by atoms with E-state index in [1.807, 2.05) is 57.3 Å². The van der Waals surface area contributed by atoms with Crippen LogP contribution in [0.3, 0.4) is 0 Å². The SMILES string of the molecule is Cc1ccc(S(=O)(=O)N(CC(=O)N2CCc3sccc3[C@H]2COc2ccccc2C)CC(C)C)cc1. The topological polar surface area (TPSA) is 66.9 Å². The summed E-state index contributed by atoms with van der Waals surface area (Å²) in [4.78, 5) is 17.0. The zero-order valence-corrected chi connectivity index (χ0v) is 22.9. The van der Waals surface area contributed by atoms with Crippen molar-refractivity contribution in [1.82, 2.24) is 9.21 Å². The summed E-state index contributed by atoms with van der Waals surface area (Å²) in [5.74, 6) is 0.653. The third-order valence-electron chi connectivity index (χ3n) is 6.44. The van der Waals surface area contributed by atoms with E-state index in [0.29, 0.717) is 13.2 Å². The van der Waals surface area contributed by atoms with Crippen LogP contribution >= 0.6 is 11.3 Å². The summed E-state index contributed by atoms with van der Waals surface area (Å²) < 4.78 is 34.5. The van der Waals surface area contributed by atoms with Gasteiger partial charge in [-0.3, -0.25) is 4.79 Å². The normalized spacial score (nSPS) is 15.8. The molecule has 192 valence electrons. The number of carbonyl (C=O) groups excluding carboxylic acids is 1. The highest BCUT2D eigenvalue weighted by molar-refractivity contribution is 7.89. The van der Waals surface area contributed by atoms with E-state index in [-0.39, 0.29) is 35.9 Å². The number of ether oxygens (including phenoxy) is 1. The second kappa shape index (κ2) is 11.2. The first-order chi connectivity index (χ1) is 17.2. The van der Waals surface area contributed by atoms with Crippen LogP contribution in [0, 0.1) is 19.8 Å². The smallest absolute Gasteiger partial charge is 0.243 e. The molecule has 0 saturated carbocycles. The molecular weight excluding hydrogens is 492 g/mol. The zero-order chi connectivity index (χ0) is 25.9. The number of sulfonamides is 1. The Morgan fingerprint density at radius 1 is 1.11 bits per heavy atom. The molecule has 0 fully saturated rings. The standard InChI is InChI=1S/C28H34N2O4S2/c1-20(2)17-29(36(32,33)23-11-9-21(3)10-12-23)18-28(31)30-15-13-27-24(14-16-35-27)25(30)19-34-26-8-6-5-7-22(26)4/h5-12,14,16,20,25H,13,15,17-19H2,1-4H3/t25-/m1/s1. The van der Waals surface area contributed by atoms with Crippen molar-refractivity contribution in [3.8, 4) is 5.75 Å². The van der Waals surface area contributed by atoms with Gasteiger partial charge in [0.25, 0.3) is 0 Å². The van der Waals surface area contributed by atoms with Gasteiger partial charge in [-0.15, -0.1) is 11.3 Å². The van der Waals surface area contributed by atoms with Crippen LogP contribution in [0.25, 0.3) is 0 Å². The van der Waals surface area contributed by atoms with E-state index >= 15 is 0 Å². The number of aryl methyl sites for hydroxylation is 2. The Labute approximate surface area is 218 Å². The van der Waals surface area contributed by atoms with Gasteiger partial charge in [-0.1, -0.05) is 49.7 Å². The molecule has 2 heterocycles. The van der Waals surface area contributed by atoms with Crippen LogP contribution in [0.4, 0.5) is 0 Å². The lowest BCUT2D eigenvalue weighted by atomic mass is 10.0. The van der Waals surface area contributed by atoms with E-state index in [0.717, 1.165) is 28.9 Å². The molecule has 1 atom stereocenters. The summed E-state index contributed by atoms with van der Waals surface area (Å²) in [5.41, 5.74) is 3.10. The van der Waals surface area contributed by atoms with Crippen molar-refractivity contribution in [2.24, 2.45) is 5.92 Å². The van der Waals surface area contributed by atoms with Crippen LogP contribution in [0.2, 0.25) is 0 Å². The predicted octanol–water partition coefficient (Wildman–Crippen LogP) is 5.22. The first-order valence-corrected chi connectivity index (χ1v) is 14.6. The molecule has 1 aliphatic heterocycles. The van der Waals surface area contributed by atoms with Crippen molar-refractivity contribution in [3.63, 3.8) is 0 Å². The number of para-hydroxylation sites is 1. The van der Waals surface area contributed by atoms with Crippen molar-refractivity contribution in [2.75, 3.05) is 26.2 Å². The van der Waals surface area contributed by atoms with Crippen molar-refractivity contribution >= 4 is 27.3 Å². The molecule has 4 rings (SSSR count). The lowest BCUT2D eigenvalue weighted by molar-refractivity contribution is -0.135. The van der Waals surface area contributed by atoms with E-state index in [9.17, 15) is 13.2 Å². The number of rotatable bonds is 9. The largest absolute Gasteiger partial charge is 0.491 e. The molecule has 0 N–H and O–H groups in total. The number of hydrogen-bond acceptors (Lipinski definition) is 5. The number of carbonyl (C=O) groups is 1.